The first-order valence-corrected chi connectivity index (χ1v) is 6.66. The van der Waals surface area contributed by atoms with Gasteiger partial charge in [-0.15, -0.1) is 0 Å². The molecule has 2 nitrogen and oxygen atoms in total. The summed E-state index contributed by atoms with van der Waals surface area (Å²) in [6, 6.07) is 0. The van der Waals surface area contributed by atoms with Crippen molar-refractivity contribution in [3.8, 4) is 0 Å². The van der Waals surface area contributed by atoms with E-state index in [-0.39, 0.29) is 25.0 Å². The molecule has 0 fully saturated rings. The average Bonchev–Trinajstić information content (AvgIpc) is 2.31. The Morgan fingerprint density at radius 1 is 0.938 bits per heavy atom. The van der Waals surface area contributed by atoms with Gasteiger partial charge in [-0.05, 0) is 43.9 Å². The molecular weight excluding hydrogens is 200 g/mol. The average molecular weight is 228 g/mol. The molecule has 0 amide bonds. The van der Waals surface area contributed by atoms with E-state index in [1.807, 2.05) is 0 Å². The van der Waals surface area contributed by atoms with Gasteiger partial charge in [0.05, 0.1) is 0 Å². The Labute approximate surface area is 100 Å². The molecule has 0 aliphatic carbocycles. The number of hydrogen-bond donors (Lipinski definition) is 2. The fourth-order valence-corrected chi connectivity index (χ4v) is 2.11. The first-order valence-electron chi connectivity index (χ1n) is 6.66. The summed E-state index contributed by atoms with van der Waals surface area (Å²) in [5.41, 5.74) is 0. The lowest BCUT2D eigenvalue weighted by Crippen LogP contribution is -2.22. The van der Waals surface area contributed by atoms with Crippen molar-refractivity contribution in [3.63, 3.8) is 0 Å². The smallest absolute Gasteiger partial charge is 0.0462 e. The fourth-order valence-electron chi connectivity index (χ4n) is 2.11. The second-order valence-corrected chi connectivity index (χ2v) is 4.48. The standard InChI is InChI=1S/C14H28O2/c1-3-5-6-7-8-10-14(12-16)13(11-15)9-4-2/h5-6,13-16H,3-4,7-12H2,1-2H3. The third-order valence-corrected chi connectivity index (χ3v) is 3.14. The van der Waals surface area contributed by atoms with Crippen LogP contribution in [0.1, 0.15) is 52.4 Å². The highest BCUT2D eigenvalue weighted by Gasteiger charge is 2.18. The Bertz CT molecular complexity index is 166. The second kappa shape index (κ2) is 11.2. The minimum Gasteiger partial charge on any atom is -0.396 e. The van der Waals surface area contributed by atoms with Crippen LogP contribution in [0.15, 0.2) is 12.2 Å². The summed E-state index contributed by atoms with van der Waals surface area (Å²) in [6.45, 7) is 4.68. The SMILES string of the molecule is CCC=CCCCC(CO)C(CO)CCC. The van der Waals surface area contributed by atoms with Gasteiger partial charge in [-0.25, -0.2) is 0 Å². The third kappa shape index (κ3) is 7.02. The van der Waals surface area contributed by atoms with Crippen LogP contribution in [0.4, 0.5) is 0 Å². The van der Waals surface area contributed by atoms with Crippen molar-refractivity contribution >= 4 is 0 Å². The predicted molar refractivity (Wildman–Crippen MR) is 69.3 cm³/mol. The number of unbranched alkanes of at least 4 members (excludes halogenated alkanes) is 1. The molecule has 0 bridgehead atoms. The summed E-state index contributed by atoms with van der Waals surface area (Å²) in [4.78, 5) is 0. The van der Waals surface area contributed by atoms with Crippen LogP contribution in [0.2, 0.25) is 0 Å². The summed E-state index contributed by atoms with van der Waals surface area (Å²) in [5, 5.41) is 18.6. The van der Waals surface area contributed by atoms with Crippen LogP contribution in [0.5, 0.6) is 0 Å². The normalized spacial score (nSPS) is 15.5. The largest absolute Gasteiger partial charge is 0.396 e. The molecule has 0 aliphatic rings. The number of hydrogen-bond acceptors (Lipinski definition) is 2. The molecule has 0 aromatic carbocycles. The third-order valence-electron chi connectivity index (χ3n) is 3.14. The van der Waals surface area contributed by atoms with Crippen LogP contribution >= 0.6 is 0 Å². The van der Waals surface area contributed by atoms with Gasteiger partial charge in [0.2, 0.25) is 0 Å². The van der Waals surface area contributed by atoms with Gasteiger partial charge < -0.3 is 10.2 Å². The molecule has 2 atom stereocenters. The highest BCUT2D eigenvalue weighted by atomic mass is 16.3. The summed E-state index contributed by atoms with van der Waals surface area (Å²) in [6.07, 6.45) is 10.8. The van der Waals surface area contributed by atoms with Crippen LogP contribution in [-0.2, 0) is 0 Å². The molecule has 0 saturated carbocycles. The Balaban J connectivity index is 3.83. The first-order chi connectivity index (χ1) is 7.79. The van der Waals surface area contributed by atoms with E-state index >= 15 is 0 Å². The van der Waals surface area contributed by atoms with Crippen LogP contribution in [-0.4, -0.2) is 23.4 Å². The van der Waals surface area contributed by atoms with Gasteiger partial charge in [-0.1, -0.05) is 32.4 Å². The van der Waals surface area contributed by atoms with Crippen molar-refractivity contribution in [1.29, 1.82) is 0 Å². The summed E-state index contributed by atoms with van der Waals surface area (Å²) in [7, 11) is 0. The van der Waals surface area contributed by atoms with E-state index in [2.05, 4.69) is 26.0 Å². The lowest BCUT2D eigenvalue weighted by Gasteiger charge is -2.23. The Hall–Kier alpha value is -0.340. The zero-order valence-corrected chi connectivity index (χ0v) is 10.9. The number of allylic oxidation sites excluding steroid dienone is 2. The molecule has 2 N–H and O–H groups in total. The topological polar surface area (TPSA) is 40.5 Å². The highest BCUT2D eigenvalue weighted by molar-refractivity contribution is 4.80. The van der Waals surface area contributed by atoms with Crippen molar-refractivity contribution in [2.24, 2.45) is 11.8 Å². The number of aliphatic hydroxyl groups excluding tert-OH is 2. The number of rotatable bonds is 10. The molecule has 0 spiro atoms. The monoisotopic (exact) mass is 228 g/mol. The summed E-state index contributed by atoms with van der Waals surface area (Å²) >= 11 is 0. The fraction of sp³-hybridized carbons (Fsp3) is 0.857. The van der Waals surface area contributed by atoms with Gasteiger partial charge in [-0.2, -0.15) is 0 Å². The molecule has 0 heterocycles. The zero-order valence-electron chi connectivity index (χ0n) is 10.9. The van der Waals surface area contributed by atoms with Crippen molar-refractivity contribution in [2.75, 3.05) is 13.2 Å². The molecule has 0 rings (SSSR count). The van der Waals surface area contributed by atoms with Crippen LogP contribution in [0.25, 0.3) is 0 Å². The molecule has 16 heavy (non-hydrogen) atoms. The minimum absolute atomic E-state index is 0.211. The van der Waals surface area contributed by atoms with Gasteiger partial charge in [0.25, 0.3) is 0 Å². The van der Waals surface area contributed by atoms with E-state index in [4.69, 9.17) is 0 Å². The van der Waals surface area contributed by atoms with Gasteiger partial charge in [0, 0.05) is 13.2 Å². The predicted octanol–water partition coefficient (Wildman–Crippen LogP) is 3.14. The molecule has 0 aliphatic heterocycles. The zero-order chi connectivity index (χ0) is 12.2. The van der Waals surface area contributed by atoms with E-state index < -0.39 is 0 Å². The molecule has 0 radical (unpaired) electrons. The molecular formula is C14H28O2. The van der Waals surface area contributed by atoms with Crippen molar-refractivity contribution in [2.45, 2.75) is 52.4 Å². The number of aliphatic hydroxyl groups is 2. The maximum absolute atomic E-state index is 9.33. The van der Waals surface area contributed by atoms with Gasteiger partial charge in [0.1, 0.15) is 0 Å². The minimum atomic E-state index is 0.211. The molecule has 0 aromatic heterocycles. The lowest BCUT2D eigenvalue weighted by molar-refractivity contribution is 0.106. The Morgan fingerprint density at radius 2 is 1.56 bits per heavy atom. The van der Waals surface area contributed by atoms with Gasteiger partial charge >= 0.3 is 0 Å². The van der Waals surface area contributed by atoms with Crippen LogP contribution in [0, 0.1) is 11.8 Å². The van der Waals surface area contributed by atoms with Gasteiger partial charge in [-0.3, -0.25) is 0 Å². The highest BCUT2D eigenvalue weighted by Crippen LogP contribution is 2.22. The Kier molecular flexibility index (Phi) is 10.9. The quantitative estimate of drug-likeness (QED) is 0.445. The second-order valence-electron chi connectivity index (χ2n) is 4.48. The Morgan fingerprint density at radius 3 is 2.06 bits per heavy atom. The maximum Gasteiger partial charge on any atom is 0.0462 e. The van der Waals surface area contributed by atoms with Crippen LogP contribution in [0.3, 0.4) is 0 Å². The van der Waals surface area contributed by atoms with Crippen molar-refractivity contribution in [1.82, 2.24) is 0 Å². The van der Waals surface area contributed by atoms with E-state index in [0.29, 0.717) is 0 Å². The lowest BCUT2D eigenvalue weighted by atomic mass is 9.86. The van der Waals surface area contributed by atoms with E-state index in [1.165, 1.54) is 0 Å². The molecule has 0 saturated heterocycles. The summed E-state index contributed by atoms with van der Waals surface area (Å²) in [5.74, 6) is 0.560. The molecule has 0 aromatic rings. The molecule has 96 valence electrons. The van der Waals surface area contributed by atoms with Gasteiger partial charge in [0.15, 0.2) is 0 Å². The maximum atomic E-state index is 9.33. The van der Waals surface area contributed by atoms with E-state index in [9.17, 15) is 10.2 Å². The van der Waals surface area contributed by atoms with E-state index in [0.717, 1.165) is 38.5 Å². The van der Waals surface area contributed by atoms with Crippen LogP contribution < -0.4 is 0 Å². The summed E-state index contributed by atoms with van der Waals surface area (Å²) < 4.78 is 0. The molecule has 2 unspecified atom stereocenters. The molecule has 2 heteroatoms. The van der Waals surface area contributed by atoms with Crippen molar-refractivity contribution < 1.29 is 10.2 Å². The van der Waals surface area contributed by atoms with E-state index in [1.54, 1.807) is 0 Å². The van der Waals surface area contributed by atoms with Crippen molar-refractivity contribution in [3.05, 3.63) is 12.2 Å². The first kappa shape index (κ1) is 15.7.